The van der Waals surface area contributed by atoms with E-state index in [0.29, 0.717) is 5.69 Å². The molecule has 0 N–H and O–H groups in total. The summed E-state index contributed by atoms with van der Waals surface area (Å²) in [6.45, 7) is 1.71. The maximum absolute atomic E-state index is 11.5. The quantitative estimate of drug-likeness (QED) is 0.599. The van der Waals surface area contributed by atoms with Crippen LogP contribution in [0.1, 0.15) is 16.9 Å². The van der Waals surface area contributed by atoms with Crippen molar-refractivity contribution in [3.63, 3.8) is 0 Å². The zero-order valence-corrected chi connectivity index (χ0v) is 6.60. The molecule has 1 amide bonds. The van der Waals surface area contributed by atoms with E-state index in [9.17, 15) is 4.79 Å². The highest BCUT2D eigenvalue weighted by Gasteiger charge is 2.22. The third-order valence-electron chi connectivity index (χ3n) is 1.93. The summed E-state index contributed by atoms with van der Waals surface area (Å²) < 4.78 is 0. The third kappa shape index (κ3) is 1.15. The van der Waals surface area contributed by atoms with Gasteiger partial charge in [0.15, 0.2) is 5.69 Å². The molecule has 0 bridgehead atoms. The zero-order chi connectivity index (χ0) is 8.39. The van der Waals surface area contributed by atoms with Crippen LogP contribution in [0.2, 0.25) is 0 Å². The van der Waals surface area contributed by atoms with Gasteiger partial charge < -0.3 is 4.90 Å². The molecule has 4 heteroatoms. The van der Waals surface area contributed by atoms with Crippen LogP contribution in [0.3, 0.4) is 0 Å². The van der Waals surface area contributed by atoms with E-state index in [1.54, 1.807) is 23.2 Å². The van der Waals surface area contributed by atoms with Crippen LogP contribution in [0.15, 0.2) is 18.3 Å². The summed E-state index contributed by atoms with van der Waals surface area (Å²) in [6, 6.07) is 3.41. The van der Waals surface area contributed by atoms with Crippen LogP contribution >= 0.6 is 0 Å². The van der Waals surface area contributed by atoms with Gasteiger partial charge in [0.2, 0.25) is 0 Å². The summed E-state index contributed by atoms with van der Waals surface area (Å²) in [7, 11) is 0. The molecule has 0 atom stereocenters. The number of hydrogen-bond donors (Lipinski definition) is 0. The number of hydrogen-bond acceptors (Lipinski definition) is 3. The fraction of sp³-hybridized carbons (Fsp3) is 0.375. The Hall–Kier alpha value is -1.45. The van der Waals surface area contributed by atoms with E-state index in [1.807, 2.05) is 0 Å². The Morgan fingerprint density at radius 3 is 2.83 bits per heavy atom. The molecule has 1 aromatic rings. The van der Waals surface area contributed by atoms with Crippen LogP contribution in [0.5, 0.6) is 0 Å². The lowest BCUT2D eigenvalue weighted by Gasteiger charge is -2.30. The van der Waals surface area contributed by atoms with Crippen molar-refractivity contribution in [2.24, 2.45) is 0 Å². The lowest BCUT2D eigenvalue weighted by Crippen LogP contribution is -2.42. The van der Waals surface area contributed by atoms with Crippen molar-refractivity contribution in [1.29, 1.82) is 0 Å². The summed E-state index contributed by atoms with van der Waals surface area (Å²) in [6.07, 6.45) is 2.67. The maximum Gasteiger partial charge on any atom is 0.274 e. The van der Waals surface area contributed by atoms with E-state index in [4.69, 9.17) is 0 Å². The summed E-state index contributed by atoms with van der Waals surface area (Å²) >= 11 is 0. The monoisotopic (exact) mass is 163 g/mol. The van der Waals surface area contributed by atoms with Crippen LogP contribution in [0, 0.1) is 0 Å². The Balaban J connectivity index is 2.14. The zero-order valence-electron chi connectivity index (χ0n) is 6.60. The van der Waals surface area contributed by atoms with Gasteiger partial charge in [-0.25, -0.2) is 0 Å². The van der Waals surface area contributed by atoms with E-state index >= 15 is 0 Å². The van der Waals surface area contributed by atoms with Crippen LogP contribution in [0.4, 0.5) is 0 Å². The van der Waals surface area contributed by atoms with Crippen LogP contribution < -0.4 is 0 Å². The van der Waals surface area contributed by atoms with E-state index in [2.05, 4.69) is 10.2 Å². The molecule has 1 aliphatic heterocycles. The number of amides is 1. The first-order valence-electron chi connectivity index (χ1n) is 3.95. The Morgan fingerprint density at radius 2 is 2.33 bits per heavy atom. The van der Waals surface area contributed by atoms with E-state index in [-0.39, 0.29) is 5.91 Å². The molecule has 0 radical (unpaired) electrons. The highest BCUT2D eigenvalue weighted by molar-refractivity contribution is 5.92. The lowest BCUT2D eigenvalue weighted by atomic mass is 10.2. The maximum atomic E-state index is 11.5. The van der Waals surface area contributed by atoms with Crippen molar-refractivity contribution in [2.45, 2.75) is 6.42 Å². The molecule has 1 saturated heterocycles. The fourth-order valence-electron chi connectivity index (χ4n) is 1.10. The second kappa shape index (κ2) is 2.89. The molecule has 0 aromatic carbocycles. The topological polar surface area (TPSA) is 46.1 Å². The Kier molecular flexibility index (Phi) is 1.74. The third-order valence-corrected chi connectivity index (χ3v) is 1.93. The van der Waals surface area contributed by atoms with Gasteiger partial charge in [0, 0.05) is 19.3 Å². The molecule has 1 aliphatic rings. The van der Waals surface area contributed by atoms with Gasteiger partial charge in [-0.05, 0) is 18.6 Å². The van der Waals surface area contributed by atoms with Crippen LogP contribution in [-0.2, 0) is 0 Å². The Labute approximate surface area is 70.2 Å². The van der Waals surface area contributed by atoms with Gasteiger partial charge in [0.1, 0.15) is 0 Å². The smallest absolute Gasteiger partial charge is 0.274 e. The summed E-state index contributed by atoms with van der Waals surface area (Å²) in [5.41, 5.74) is 0.442. The molecule has 62 valence electrons. The van der Waals surface area contributed by atoms with Crippen molar-refractivity contribution < 1.29 is 4.79 Å². The van der Waals surface area contributed by atoms with Gasteiger partial charge in [-0.1, -0.05) is 0 Å². The van der Waals surface area contributed by atoms with Gasteiger partial charge in [-0.2, -0.15) is 5.10 Å². The fourth-order valence-corrected chi connectivity index (χ4v) is 1.10. The molecule has 4 nitrogen and oxygen atoms in total. The molecule has 2 rings (SSSR count). The molecule has 0 spiro atoms. The van der Waals surface area contributed by atoms with Crippen molar-refractivity contribution in [2.75, 3.05) is 13.1 Å². The minimum atomic E-state index is -0.00523. The molecule has 0 saturated carbocycles. The van der Waals surface area contributed by atoms with Crippen molar-refractivity contribution >= 4 is 5.91 Å². The first kappa shape index (κ1) is 7.21. The highest BCUT2D eigenvalue weighted by Crippen LogP contribution is 2.09. The minimum Gasteiger partial charge on any atom is -0.337 e. The van der Waals surface area contributed by atoms with Crippen LogP contribution in [-0.4, -0.2) is 34.1 Å². The van der Waals surface area contributed by atoms with E-state index in [0.717, 1.165) is 19.5 Å². The number of carbonyl (C=O) groups excluding carboxylic acids is 1. The number of aromatic nitrogens is 2. The second-order valence-corrected chi connectivity index (χ2v) is 2.75. The first-order valence-corrected chi connectivity index (χ1v) is 3.95. The van der Waals surface area contributed by atoms with Crippen LogP contribution in [0.25, 0.3) is 0 Å². The Morgan fingerprint density at radius 1 is 1.50 bits per heavy atom. The molecule has 1 fully saturated rings. The molecule has 0 unspecified atom stereocenters. The molecule has 2 heterocycles. The minimum absolute atomic E-state index is 0.00523. The van der Waals surface area contributed by atoms with Gasteiger partial charge in [-0.3, -0.25) is 4.79 Å². The SMILES string of the molecule is O=C(c1cccnn1)N1CCC1. The Bertz CT molecular complexity index is 282. The lowest BCUT2D eigenvalue weighted by molar-refractivity contribution is 0.0644. The van der Waals surface area contributed by atoms with Gasteiger partial charge in [-0.15, -0.1) is 5.10 Å². The number of nitrogens with zero attached hydrogens (tertiary/aromatic N) is 3. The van der Waals surface area contributed by atoms with Crippen molar-refractivity contribution in [3.8, 4) is 0 Å². The van der Waals surface area contributed by atoms with Crippen molar-refractivity contribution in [1.82, 2.24) is 15.1 Å². The second-order valence-electron chi connectivity index (χ2n) is 2.75. The first-order chi connectivity index (χ1) is 5.88. The number of likely N-dealkylation sites (tertiary alicyclic amines) is 1. The standard InChI is InChI=1S/C8H9N3O/c12-8(11-5-2-6-11)7-3-1-4-9-10-7/h1,3-4H,2,5-6H2. The predicted molar refractivity (Wildman–Crippen MR) is 42.6 cm³/mol. The van der Waals surface area contributed by atoms with Gasteiger partial charge in [0.25, 0.3) is 5.91 Å². The highest BCUT2D eigenvalue weighted by atomic mass is 16.2. The molecular weight excluding hydrogens is 154 g/mol. The summed E-state index contributed by atoms with van der Waals surface area (Å²) in [5.74, 6) is -0.00523. The molecule has 12 heavy (non-hydrogen) atoms. The van der Waals surface area contributed by atoms with Crippen molar-refractivity contribution in [3.05, 3.63) is 24.0 Å². The van der Waals surface area contributed by atoms with E-state index < -0.39 is 0 Å². The molecule has 0 aliphatic carbocycles. The van der Waals surface area contributed by atoms with Gasteiger partial charge >= 0.3 is 0 Å². The summed E-state index contributed by atoms with van der Waals surface area (Å²) in [4.78, 5) is 13.2. The summed E-state index contributed by atoms with van der Waals surface area (Å²) in [5, 5.41) is 7.39. The number of carbonyl (C=O) groups is 1. The van der Waals surface area contributed by atoms with Gasteiger partial charge in [0.05, 0.1) is 0 Å². The average Bonchev–Trinajstić information content (AvgIpc) is 2.03. The largest absolute Gasteiger partial charge is 0.337 e. The van der Waals surface area contributed by atoms with E-state index in [1.165, 1.54) is 0 Å². The predicted octanol–water partition coefficient (Wildman–Crippen LogP) is 0.322. The normalized spacial score (nSPS) is 15.5. The molecular formula is C8H9N3O. The average molecular weight is 163 g/mol. The number of rotatable bonds is 1. The molecule has 1 aromatic heterocycles.